The Kier molecular flexibility index (Phi) is 2.82. The molecule has 1 heteroatoms. The van der Waals surface area contributed by atoms with Gasteiger partial charge in [-0.2, -0.15) is 0 Å². The lowest BCUT2D eigenvalue weighted by Gasteiger charge is -1.90. The fourth-order valence-corrected chi connectivity index (χ4v) is 1.30. The van der Waals surface area contributed by atoms with Crippen molar-refractivity contribution in [3.63, 3.8) is 0 Å². The maximum absolute atomic E-state index is 4.98. The highest BCUT2D eigenvalue weighted by Crippen LogP contribution is 2.05. The standard InChI is InChI=1S/C13H12O/c1-2-5-12(6-3-1)7-4-8-13-9-10-14-11-13/h1-7,9-11H,8H2/b7-4+. The first kappa shape index (κ1) is 8.82. The molecule has 1 aromatic carbocycles. The molecule has 0 N–H and O–H groups in total. The minimum absolute atomic E-state index is 0.922. The van der Waals surface area contributed by atoms with Crippen LogP contribution in [0.25, 0.3) is 6.08 Å². The van der Waals surface area contributed by atoms with Gasteiger partial charge in [0.05, 0.1) is 12.5 Å². The van der Waals surface area contributed by atoms with Gasteiger partial charge in [-0.25, -0.2) is 0 Å². The molecule has 0 amide bonds. The number of benzene rings is 1. The quantitative estimate of drug-likeness (QED) is 0.711. The highest BCUT2D eigenvalue weighted by atomic mass is 16.3. The first-order valence-corrected chi connectivity index (χ1v) is 4.68. The van der Waals surface area contributed by atoms with Crippen molar-refractivity contribution >= 4 is 6.08 Å². The number of allylic oxidation sites excluding steroid dienone is 1. The van der Waals surface area contributed by atoms with Crippen molar-refractivity contribution in [1.29, 1.82) is 0 Å². The monoisotopic (exact) mass is 184 g/mol. The maximum Gasteiger partial charge on any atom is 0.0937 e. The predicted molar refractivity (Wildman–Crippen MR) is 57.9 cm³/mol. The van der Waals surface area contributed by atoms with Gasteiger partial charge >= 0.3 is 0 Å². The molecule has 0 aliphatic heterocycles. The van der Waals surface area contributed by atoms with Crippen molar-refractivity contribution in [2.75, 3.05) is 0 Å². The Bertz CT molecular complexity index is 384. The van der Waals surface area contributed by atoms with Crippen molar-refractivity contribution in [1.82, 2.24) is 0 Å². The van der Waals surface area contributed by atoms with Crippen molar-refractivity contribution in [3.05, 3.63) is 66.1 Å². The fourth-order valence-electron chi connectivity index (χ4n) is 1.30. The van der Waals surface area contributed by atoms with E-state index in [0.717, 1.165) is 6.42 Å². The van der Waals surface area contributed by atoms with E-state index in [1.54, 1.807) is 12.5 Å². The van der Waals surface area contributed by atoms with E-state index in [1.807, 2.05) is 24.3 Å². The van der Waals surface area contributed by atoms with Gasteiger partial charge in [0.1, 0.15) is 0 Å². The molecule has 1 heterocycles. The van der Waals surface area contributed by atoms with Gasteiger partial charge in [-0.05, 0) is 23.6 Å². The van der Waals surface area contributed by atoms with Crippen LogP contribution in [0.4, 0.5) is 0 Å². The molecule has 0 saturated heterocycles. The van der Waals surface area contributed by atoms with Gasteiger partial charge in [-0.15, -0.1) is 0 Å². The van der Waals surface area contributed by atoms with E-state index >= 15 is 0 Å². The second-order valence-electron chi connectivity index (χ2n) is 3.15. The second-order valence-corrected chi connectivity index (χ2v) is 3.15. The van der Waals surface area contributed by atoms with Gasteiger partial charge in [-0.3, -0.25) is 0 Å². The van der Waals surface area contributed by atoms with E-state index in [9.17, 15) is 0 Å². The van der Waals surface area contributed by atoms with Crippen LogP contribution in [-0.4, -0.2) is 0 Å². The largest absolute Gasteiger partial charge is 0.472 e. The van der Waals surface area contributed by atoms with Crippen LogP contribution in [0.3, 0.4) is 0 Å². The molecule has 70 valence electrons. The summed E-state index contributed by atoms with van der Waals surface area (Å²) >= 11 is 0. The average molecular weight is 184 g/mol. The number of hydrogen-bond acceptors (Lipinski definition) is 1. The molecule has 0 spiro atoms. The molecule has 14 heavy (non-hydrogen) atoms. The highest BCUT2D eigenvalue weighted by Gasteiger charge is 1.89. The molecule has 2 aromatic rings. The first-order valence-electron chi connectivity index (χ1n) is 4.68. The highest BCUT2D eigenvalue weighted by molar-refractivity contribution is 5.49. The Morgan fingerprint density at radius 3 is 2.64 bits per heavy atom. The van der Waals surface area contributed by atoms with Gasteiger partial charge < -0.3 is 4.42 Å². The van der Waals surface area contributed by atoms with Gasteiger partial charge in [0, 0.05) is 0 Å². The van der Waals surface area contributed by atoms with Crippen LogP contribution in [0, 0.1) is 0 Å². The molecule has 0 aliphatic carbocycles. The molecule has 0 saturated carbocycles. The van der Waals surface area contributed by atoms with Crippen LogP contribution in [-0.2, 0) is 6.42 Å². The predicted octanol–water partition coefficient (Wildman–Crippen LogP) is 3.54. The van der Waals surface area contributed by atoms with Crippen LogP contribution < -0.4 is 0 Å². The van der Waals surface area contributed by atoms with Crippen LogP contribution >= 0.6 is 0 Å². The SMILES string of the molecule is C(=C\c1ccccc1)/Cc1ccoc1. The van der Waals surface area contributed by atoms with E-state index in [2.05, 4.69) is 24.3 Å². The minimum Gasteiger partial charge on any atom is -0.472 e. The summed E-state index contributed by atoms with van der Waals surface area (Å²) in [6.45, 7) is 0. The Balaban J connectivity index is 1.96. The van der Waals surface area contributed by atoms with Gasteiger partial charge in [0.2, 0.25) is 0 Å². The van der Waals surface area contributed by atoms with Crippen molar-refractivity contribution in [3.8, 4) is 0 Å². The van der Waals surface area contributed by atoms with Crippen LogP contribution in [0.5, 0.6) is 0 Å². The van der Waals surface area contributed by atoms with Crippen molar-refractivity contribution < 1.29 is 4.42 Å². The summed E-state index contributed by atoms with van der Waals surface area (Å²) in [6, 6.07) is 12.3. The average Bonchev–Trinajstić information content (AvgIpc) is 2.72. The van der Waals surface area contributed by atoms with Crippen molar-refractivity contribution in [2.24, 2.45) is 0 Å². The van der Waals surface area contributed by atoms with Gasteiger partial charge in [0.15, 0.2) is 0 Å². The molecule has 0 unspecified atom stereocenters. The topological polar surface area (TPSA) is 13.1 Å². The third-order valence-corrected chi connectivity index (χ3v) is 2.04. The Morgan fingerprint density at radius 1 is 1.07 bits per heavy atom. The lowest BCUT2D eigenvalue weighted by atomic mass is 10.1. The number of furan rings is 1. The second kappa shape index (κ2) is 4.47. The zero-order valence-corrected chi connectivity index (χ0v) is 7.89. The molecular formula is C13H12O. The molecule has 0 radical (unpaired) electrons. The van der Waals surface area contributed by atoms with Gasteiger partial charge in [0.25, 0.3) is 0 Å². The lowest BCUT2D eigenvalue weighted by molar-refractivity contribution is 0.565. The summed E-state index contributed by atoms with van der Waals surface area (Å²) in [6.07, 6.45) is 8.65. The summed E-state index contributed by atoms with van der Waals surface area (Å²) in [5.74, 6) is 0. The summed E-state index contributed by atoms with van der Waals surface area (Å²) in [5, 5.41) is 0. The molecule has 0 bridgehead atoms. The fraction of sp³-hybridized carbons (Fsp3) is 0.0769. The van der Waals surface area contributed by atoms with E-state index in [4.69, 9.17) is 4.42 Å². The normalized spacial score (nSPS) is 10.9. The smallest absolute Gasteiger partial charge is 0.0937 e. The first-order chi connectivity index (χ1) is 6.95. The zero-order valence-electron chi connectivity index (χ0n) is 7.89. The molecule has 0 atom stereocenters. The third-order valence-electron chi connectivity index (χ3n) is 2.04. The zero-order chi connectivity index (χ0) is 9.64. The summed E-state index contributed by atoms with van der Waals surface area (Å²) in [4.78, 5) is 0. The Morgan fingerprint density at radius 2 is 1.93 bits per heavy atom. The Hall–Kier alpha value is -1.76. The van der Waals surface area contributed by atoms with E-state index in [1.165, 1.54) is 11.1 Å². The van der Waals surface area contributed by atoms with Crippen molar-refractivity contribution in [2.45, 2.75) is 6.42 Å². The molecule has 0 aliphatic rings. The minimum atomic E-state index is 0.922. The van der Waals surface area contributed by atoms with E-state index in [0.29, 0.717) is 0 Å². The molecule has 1 aromatic heterocycles. The lowest BCUT2D eigenvalue weighted by Crippen LogP contribution is -1.74. The van der Waals surface area contributed by atoms with Crippen LogP contribution in [0.1, 0.15) is 11.1 Å². The van der Waals surface area contributed by atoms with E-state index < -0.39 is 0 Å². The Labute approximate surface area is 83.7 Å². The summed E-state index contributed by atoms with van der Waals surface area (Å²) in [5.41, 5.74) is 2.44. The third kappa shape index (κ3) is 2.36. The maximum atomic E-state index is 4.98. The van der Waals surface area contributed by atoms with Gasteiger partial charge in [-0.1, -0.05) is 42.5 Å². The summed E-state index contributed by atoms with van der Waals surface area (Å²) < 4.78 is 4.98. The van der Waals surface area contributed by atoms with Crippen LogP contribution in [0.15, 0.2) is 59.4 Å². The van der Waals surface area contributed by atoms with E-state index in [-0.39, 0.29) is 0 Å². The number of hydrogen-bond donors (Lipinski definition) is 0. The molecule has 2 rings (SSSR count). The summed E-state index contributed by atoms with van der Waals surface area (Å²) in [7, 11) is 0. The molecule has 1 nitrogen and oxygen atoms in total. The number of rotatable bonds is 3. The molecule has 0 fully saturated rings. The molecular weight excluding hydrogens is 172 g/mol. The van der Waals surface area contributed by atoms with Crippen LogP contribution in [0.2, 0.25) is 0 Å².